The van der Waals surface area contributed by atoms with Gasteiger partial charge in [-0.2, -0.15) is 0 Å². The molecule has 68 heavy (non-hydrogen) atoms. The third-order valence-corrected chi connectivity index (χ3v) is 10.9. The van der Waals surface area contributed by atoms with Gasteiger partial charge in [-0.15, -0.1) is 0 Å². The Hall–Kier alpha value is -7.46. The van der Waals surface area contributed by atoms with E-state index in [1.54, 1.807) is 12.1 Å². The van der Waals surface area contributed by atoms with Crippen molar-refractivity contribution < 1.29 is 43.5 Å². The Morgan fingerprint density at radius 2 is 1.24 bits per heavy atom. The second kappa shape index (κ2) is 27.9. The second-order valence-corrected chi connectivity index (χ2v) is 17.0. The average Bonchev–Trinajstić information content (AvgIpc) is 3.78. The number of phenolic OH excluding ortho intramolecular Hbond substituents is 1. The van der Waals surface area contributed by atoms with E-state index in [2.05, 4.69) is 36.6 Å². The Morgan fingerprint density at radius 1 is 0.676 bits per heavy atom. The number of phenols is 1. The van der Waals surface area contributed by atoms with Crippen LogP contribution in [0.1, 0.15) is 82.8 Å². The Kier molecular flexibility index (Phi) is 22.5. The molecule has 23 heteroatoms. The predicted molar refractivity (Wildman–Crippen MR) is 253 cm³/mol. The summed E-state index contributed by atoms with van der Waals surface area (Å²) in [6, 6.07) is 7.88. The molecular formula is C45H68N14O9. The molecule has 8 amide bonds. The highest BCUT2D eigenvalue weighted by atomic mass is 16.3. The number of amides is 8. The molecule has 0 spiro atoms. The van der Waals surface area contributed by atoms with Crippen molar-refractivity contribution >= 4 is 59.2 Å². The minimum absolute atomic E-state index is 0.0102. The normalized spacial score (nSPS) is 15.3. The summed E-state index contributed by atoms with van der Waals surface area (Å²) in [6.07, 6.45) is 1.01. The minimum Gasteiger partial charge on any atom is -0.508 e. The van der Waals surface area contributed by atoms with Crippen LogP contribution in [0.25, 0.3) is 0 Å². The van der Waals surface area contributed by atoms with Crippen LogP contribution in [-0.4, -0.2) is 125 Å². The first-order valence-corrected chi connectivity index (χ1v) is 22.6. The Balaban J connectivity index is 1.91. The van der Waals surface area contributed by atoms with Crippen molar-refractivity contribution in [3.63, 3.8) is 0 Å². The maximum Gasteiger partial charge on any atom is 0.245 e. The monoisotopic (exact) mass is 949 g/mol. The summed E-state index contributed by atoms with van der Waals surface area (Å²) < 4.78 is 0. The van der Waals surface area contributed by atoms with Gasteiger partial charge in [0.2, 0.25) is 47.3 Å². The second-order valence-electron chi connectivity index (χ2n) is 17.0. The van der Waals surface area contributed by atoms with Gasteiger partial charge in [-0.25, -0.2) is 0 Å². The van der Waals surface area contributed by atoms with E-state index in [9.17, 15) is 43.5 Å². The number of nitrogens with one attached hydrogen (secondary N) is 5. The zero-order valence-corrected chi connectivity index (χ0v) is 38.7. The largest absolute Gasteiger partial charge is 0.508 e. The number of guanidine groups is 2. The molecule has 0 unspecified atom stereocenters. The van der Waals surface area contributed by atoms with E-state index in [1.807, 2.05) is 44.2 Å². The van der Waals surface area contributed by atoms with Gasteiger partial charge in [-0.05, 0) is 80.5 Å². The number of carbonyl (C=O) groups is 8. The molecule has 1 aliphatic heterocycles. The first-order valence-electron chi connectivity index (χ1n) is 22.6. The van der Waals surface area contributed by atoms with Gasteiger partial charge in [0, 0.05) is 32.5 Å². The van der Waals surface area contributed by atoms with Crippen molar-refractivity contribution in [2.75, 3.05) is 19.6 Å². The number of primary amides is 2. The number of hydrogen-bond donors (Lipinski definition) is 12. The van der Waals surface area contributed by atoms with Gasteiger partial charge < -0.3 is 71.0 Å². The molecule has 0 radical (unpaired) electrons. The molecule has 18 N–H and O–H groups in total. The molecule has 1 saturated heterocycles. The third-order valence-electron chi connectivity index (χ3n) is 10.9. The van der Waals surface area contributed by atoms with Crippen LogP contribution in [0.4, 0.5) is 0 Å². The Morgan fingerprint density at radius 3 is 1.81 bits per heavy atom. The van der Waals surface area contributed by atoms with Crippen LogP contribution in [0.2, 0.25) is 0 Å². The lowest BCUT2D eigenvalue weighted by molar-refractivity contribution is -0.142. The van der Waals surface area contributed by atoms with E-state index in [1.165, 1.54) is 17.0 Å². The van der Waals surface area contributed by atoms with Gasteiger partial charge >= 0.3 is 0 Å². The maximum atomic E-state index is 14.6. The highest BCUT2D eigenvalue weighted by molar-refractivity contribution is 5.98. The van der Waals surface area contributed by atoms with Crippen LogP contribution in [0.15, 0.2) is 64.6 Å². The van der Waals surface area contributed by atoms with E-state index < -0.39 is 84.0 Å². The predicted octanol–water partition coefficient (Wildman–Crippen LogP) is -2.50. The van der Waals surface area contributed by atoms with Crippen molar-refractivity contribution in [2.24, 2.45) is 50.3 Å². The highest BCUT2D eigenvalue weighted by Gasteiger charge is 2.40. The number of nitrogens with two attached hydrogens (primary N) is 6. The molecule has 0 aromatic heterocycles. The van der Waals surface area contributed by atoms with E-state index in [0.29, 0.717) is 18.4 Å². The van der Waals surface area contributed by atoms with Crippen molar-refractivity contribution in [1.29, 1.82) is 0 Å². The number of carbonyl (C=O) groups excluding carboxylic acids is 8. The fourth-order valence-electron chi connectivity index (χ4n) is 7.49. The number of benzene rings is 2. The number of rotatable bonds is 28. The Labute approximate surface area is 395 Å². The van der Waals surface area contributed by atoms with Crippen LogP contribution in [0, 0.1) is 5.92 Å². The zero-order valence-electron chi connectivity index (χ0n) is 38.7. The van der Waals surface area contributed by atoms with E-state index >= 15 is 0 Å². The molecule has 0 aliphatic carbocycles. The summed E-state index contributed by atoms with van der Waals surface area (Å²) >= 11 is 0. The molecule has 3 rings (SSSR count). The van der Waals surface area contributed by atoms with Crippen molar-refractivity contribution in [2.45, 2.75) is 121 Å². The van der Waals surface area contributed by atoms with E-state index in [0.717, 1.165) is 5.56 Å². The van der Waals surface area contributed by atoms with Crippen molar-refractivity contribution in [3.05, 3.63) is 65.7 Å². The fourth-order valence-corrected chi connectivity index (χ4v) is 7.49. The average molecular weight is 949 g/mol. The molecule has 0 saturated carbocycles. The summed E-state index contributed by atoms with van der Waals surface area (Å²) in [6.45, 7) is 4.02. The SMILES string of the molecule is CC(C)C[C@H](NC(=O)CCc1ccccc1)C(=O)N[C@@H](Cc1ccc(O)cc1)C(=O)N[C@@H](CCCN=C(N)N)C(=O)N1CCC[C@H]1C(=O)N[C@@H](CCCN=C(N)N)C(=O)N[C@@H](CC(N)=O)C(N)=O. The summed E-state index contributed by atoms with van der Waals surface area (Å²) in [5.41, 5.74) is 34.1. The summed E-state index contributed by atoms with van der Waals surface area (Å²) in [5.74, 6) is -6.40. The number of hydrogen-bond acceptors (Lipinski definition) is 11. The molecule has 23 nitrogen and oxygen atoms in total. The molecule has 2 aromatic rings. The molecule has 1 heterocycles. The summed E-state index contributed by atoms with van der Waals surface area (Å²) in [7, 11) is 0. The van der Waals surface area contributed by atoms with Crippen LogP contribution < -0.4 is 61.0 Å². The molecule has 372 valence electrons. The van der Waals surface area contributed by atoms with Crippen molar-refractivity contribution in [3.8, 4) is 5.75 Å². The molecule has 6 atom stereocenters. The number of aliphatic imine (C=N–C) groups is 2. The van der Waals surface area contributed by atoms with Crippen LogP contribution >= 0.6 is 0 Å². The number of nitrogens with zero attached hydrogens (tertiary/aromatic N) is 3. The lowest BCUT2D eigenvalue weighted by Gasteiger charge is -2.31. The zero-order chi connectivity index (χ0) is 50.3. The smallest absolute Gasteiger partial charge is 0.245 e. The standard InChI is InChI=1S/C45H68N14O9/c1-26(2)23-33(54-37(62)19-16-27-9-4-3-5-10-27)40(65)58-34(24-28-14-17-29(60)18-15-28)41(66)56-31(12-7-21-53-45(50)51)43(68)59-22-8-13-35(59)42(67)55-30(11-6-20-52-44(48)49)39(64)57-32(38(47)63)25-36(46)61/h3-5,9-10,14-15,17-18,26,30-35,60H,6-8,11-13,16,19-25H2,1-2H3,(H2,46,61)(H2,47,63)(H,54,62)(H,55,67)(H,56,66)(H,57,64)(H,58,65)(H4,48,49,52)(H4,50,51,53)/t30-,31-,32-,33-,34-,35-/m0/s1. The maximum absolute atomic E-state index is 14.6. The van der Waals surface area contributed by atoms with Gasteiger partial charge in [-0.3, -0.25) is 48.3 Å². The fraction of sp³-hybridized carbons (Fsp3) is 0.511. The molecule has 1 aliphatic rings. The number of likely N-dealkylation sites (tertiary alicyclic amines) is 1. The van der Waals surface area contributed by atoms with Gasteiger partial charge in [-0.1, -0.05) is 56.3 Å². The first kappa shape index (κ1) is 54.9. The Bertz CT molecular complexity index is 2090. The van der Waals surface area contributed by atoms with Crippen LogP contribution in [0.5, 0.6) is 5.75 Å². The van der Waals surface area contributed by atoms with Crippen LogP contribution in [0.3, 0.4) is 0 Å². The topological polar surface area (TPSA) is 401 Å². The lowest BCUT2D eigenvalue weighted by atomic mass is 10.00. The summed E-state index contributed by atoms with van der Waals surface area (Å²) in [4.78, 5) is 117. The van der Waals surface area contributed by atoms with E-state index in [4.69, 9.17) is 34.4 Å². The van der Waals surface area contributed by atoms with Gasteiger partial charge in [0.1, 0.15) is 42.0 Å². The van der Waals surface area contributed by atoms with Gasteiger partial charge in [0.25, 0.3) is 0 Å². The quantitative estimate of drug-likeness (QED) is 0.0239. The molecule has 0 bridgehead atoms. The van der Waals surface area contributed by atoms with Crippen LogP contribution in [-0.2, 0) is 51.2 Å². The van der Waals surface area contributed by atoms with Crippen molar-refractivity contribution in [1.82, 2.24) is 31.5 Å². The highest BCUT2D eigenvalue weighted by Crippen LogP contribution is 2.21. The number of aryl methyl sites for hydroxylation is 1. The lowest BCUT2D eigenvalue weighted by Crippen LogP contribution is -2.59. The molecule has 2 aromatic carbocycles. The first-order chi connectivity index (χ1) is 32.2. The van der Waals surface area contributed by atoms with Gasteiger partial charge in [0.15, 0.2) is 11.9 Å². The third kappa shape index (κ3) is 19.6. The van der Waals surface area contributed by atoms with Gasteiger partial charge in [0.05, 0.1) is 6.42 Å². The molecular weight excluding hydrogens is 881 g/mol. The summed E-state index contributed by atoms with van der Waals surface area (Å²) in [5, 5.41) is 23.4. The van der Waals surface area contributed by atoms with E-state index in [-0.39, 0.29) is 100 Å². The number of aromatic hydroxyl groups is 1. The minimum atomic E-state index is -1.47. The molecule has 1 fully saturated rings.